The normalized spacial score (nSPS) is 11.7. The van der Waals surface area contributed by atoms with Gasteiger partial charge in [-0.25, -0.2) is 0 Å². The number of hydrogen-bond donors (Lipinski definition) is 2. The molecule has 2 nitrogen and oxygen atoms in total. The van der Waals surface area contributed by atoms with Crippen molar-refractivity contribution >= 4 is 23.2 Å². The van der Waals surface area contributed by atoms with Crippen molar-refractivity contribution in [2.75, 3.05) is 13.2 Å². The molecule has 2 rings (SSSR count). The summed E-state index contributed by atoms with van der Waals surface area (Å²) < 4.78 is 0. The molecule has 0 saturated carbocycles. The van der Waals surface area contributed by atoms with Gasteiger partial charge < -0.3 is 10.4 Å². The maximum atomic E-state index is 8.62. The minimum atomic E-state index is 0. The minimum Gasteiger partial charge on any atom is -0.395 e. The van der Waals surface area contributed by atoms with Gasteiger partial charge in [0.2, 0.25) is 0 Å². The van der Waals surface area contributed by atoms with Crippen molar-refractivity contribution in [3.8, 4) is 11.8 Å². The predicted molar refractivity (Wildman–Crippen MR) is 96.2 cm³/mol. The Hall–Kier alpha value is -1.79. The van der Waals surface area contributed by atoms with Gasteiger partial charge in [-0.3, -0.25) is 0 Å². The van der Waals surface area contributed by atoms with Gasteiger partial charge >= 0.3 is 0 Å². The van der Waals surface area contributed by atoms with Crippen molar-refractivity contribution in [3.63, 3.8) is 0 Å². The van der Waals surface area contributed by atoms with Gasteiger partial charge in [-0.05, 0) is 29.3 Å². The van der Waals surface area contributed by atoms with E-state index in [0.29, 0.717) is 6.42 Å². The maximum absolute atomic E-state index is 8.62. The molecule has 3 heteroatoms. The third-order valence-electron chi connectivity index (χ3n) is 3.37. The lowest BCUT2D eigenvalue weighted by Crippen LogP contribution is -2.18. The summed E-state index contributed by atoms with van der Waals surface area (Å²) in [6.45, 7) is 3.07. The zero-order chi connectivity index (χ0) is 14.9. The van der Waals surface area contributed by atoms with Gasteiger partial charge in [0.15, 0.2) is 0 Å². The SMILES string of the molecule is C[C@@H](NC/C=C/C#CCCO)c1cccc2ccccc12.Cl. The summed E-state index contributed by atoms with van der Waals surface area (Å²) in [4.78, 5) is 0. The van der Waals surface area contributed by atoms with Crippen LogP contribution in [0.25, 0.3) is 10.8 Å². The van der Waals surface area contributed by atoms with Crippen LogP contribution in [0.3, 0.4) is 0 Å². The van der Waals surface area contributed by atoms with Crippen LogP contribution in [-0.2, 0) is 0 Å². The molecule has 0 radical (unpaired) electrons. The summed E-state index contributed by atoms with van der Waals surface area (Å²) >= 11 is 0. The Balaban J connectivity index is 0.00000242. The summed E-state index contributed by atoms with van der Waals surface area (Å²) in [7, 11) is 0. The first kappa shape index (κ1) is 18.3. The molecule has 0 amide bonds. The monoisotopic (exact) mass is 315 g/mol. The number of aliphatic hydroxyl groups excluding tert-OH is 1. The molecule has 0 heterocycles. The number of halogens is 1. The first-order valence-corrected chi connectivity index (χ1v) is 7.28. The summed E-state index contributed by atoms with van der Waals surface area (Å²) in [6, 6.07) is 15.2. The van der Waals surface area contributed by atoms with E-state index < -0.39 is 0 Å². The molecule has 0 aliphatic rings. The number of benzene rings is 2. The molecule has 1 atom stereocenters. The molecule has 0 fully saturated rings. The molecule has 0 aliphatic carbocycles. The smallest absolute Gasteiger partial charge is 0.0540 e. The summed E-state index contributed by atoms with van der Waals surface area (Å²) in [5.41, 5.74) is 1.31. The van der Waals surface area contributed by atoms with E-state index in [4.69, 9.17) is 5.11 Å². The molecule has 22 heavy (non-hydrogen) atoms. The Morgan fingerprint density at radius 3 is 2.77 bits per heavy atom. The standard InChI is InChI=1S/C19H21NO.ClH/c1-16(20-14-7-3-2-4-8-15-21)18-13-9-11-17-10-5-6-12-19(17)18;/h3,5-7,9-13,16,20-21H,8,14-15H2,1H3;1H/b7-3+;/t16-;/m1./s1. The van der Waals surface area contributed by atoms with Gasteiger partial charge in [0.25, 0.3) is 0 Å². The molecular weight excluding hydrogens is 294 g/mol. The lowest BCUT2D eigenvalue weighted by atomic mass is 10.00. The fraction of sp³-hybridized carbons (Fsp3) is 0.263. The molecular formula is C19H22ClNO. The largest absolute Gasteiger partial charge is 0.395 e. The lowest BCUT2D eigenvalue weighted by molar-refractivity contribution is 0.305. The zero-order valence-electron chi connectivity index (χ0n) is 12.8. The highest BCUT2D eigenvalue weighted by Crippen LogP contribution is 2.23. The van der Waals surface area contributed by atoms with E-state index in [1.165, 1.54) is 16.3 Å². The van der Waals surface area contributed by atoms with Gasteiger partial charge in [-0.15, -0.1) is 12.4 Å². The predicted octanol–water partition coefficient (Wildman–Crippen LogP) is 3.85. The highest BCUT2D eigenvalue weighted by atomic mass is 35.5. The van der Waals surface area contributed by atoms with E-state index in [1.807, 2.05) is 12.2 Å². The van der Waals surface area contributed by atoms with Crippen molar-refractivity contribution in [1.82, 2.24) is 5.32 Å². The van der Waals surface area contributed by atoms with E-state index >= 15 is 0 Å². The first-order chi connectivity index (χ1) is 10.3. The van der Waals surface area contributed by atoms with Crippen LogP contribution in [0.2, 0.25) is 0 Å². The third-order valence-corrected chi connectivity index (χ3v) is 3.37. The maximum Gasteiger partial charge on any atom is 0.0540 e. The van der Waals surface area contributed by atoms with E-state index in [2.05, 4.69) is 66.5 Å². The molecule has 0 spiro atoms. The molecule has 0 saturated heterocycles. The number of fused-ring (bicyclic) bond motifs is 1. The van der Waals surface area contributed by atoms with Crippen LogP contribution in [0, 0.1) is 11.8 Å². The Morgan fingerprint density at radius 2 is 1.95 bits per heavy atom. The molecule has 2 N–H and O–H groups in total. The van der Waals surface area contributed by atoms with Crippen LogP contribution in [0.1, 0.15) is 24.9 Å². The topological polar surface area (TPSA) is 32.3 Å². The first-order valence-electron chi connectivity index (χ1n) is 7.28. The van der Waals surface area contributed by atoms with E-state index in [-0.39, 0.29) is 25.1 Å². The third kappa shape index (κ3) is 5.20. The Morgan fingerprint density at radius 1 is 1.18 bits per heavy atom. The summed E-state index contributed by atoms with van der Waals surface area (Å²) in [5, 5.41) is 14.7. The van der Waals surface area contributed by atoms with E-state index in [0.717, 1.165) is 6.54 Å². The zero-order valence-corrected chi connectivity index (χ0v) is 13.6. The van der Waals surface area contributed by atoms with Crippen molar-refractivity contribution in [2.24, 2.45) is 0 Å². The second-order valence-corrected chi connectivity index (χ2v) is 4.90. The van der Waals surface area contributed by atoms with E-state index in [1.54, 1.807) is 0 Å². The molecule has 2 aromatic carbocycles. The van der Waals surface area contributed by atoms with Gasteiger partial charge in [0.1, 0.15) is 0 Å². The van der Waals surface area contributed by atoms with Crippen LogP contribution < -0.4 is 5.32 Å². The second kappa shape index (κ2) is 10.0. The average Bonchev–Trinajstić information content (AvgIpc) is 2.53. The van der Waals surface area contributed by atoms with Crippen LogP contribution >= 0.6 is 12.4 Å². The highest BCUT2D eigenvalue weighted by Gasteiger charge is 2.07. The van der Waals surface area contributed by atoms with Gasteiger partial charge in [0.05, 0.1) is 6.61 Å². The summed E-state index contributed by atoms with van der Waals surface area (Å²) in [6.07, 6.45) is 4.37. The lowest BCUT2D eigenvalue weighted by Gasteiger charge is -2.15. The van der Waals surface area contributed by atoms with Crippen molar-refractivity contribution in [2.45, 2.75) is 19.4 Å². The number of nitrogens with one attached hydrogen (secondary N) is 1. The second-order valence-electron chi connectivity index (χ2n) is 4.90. The van der Waals surface area contributed by atoms with Gasteiger partial charge in [-0.1, -0.05) is 60.4 Å². The molecule has 2 aromatic rings. The van der Waals surface area contributed by atoms with Gasteiger partial charge in [-0.2, -0.15) is 0 Å². The number of allylic oxidation sites excluding steroid dienone is 1. The number of rotatable bonds is 5. The number of aliphatic hydroxyl groups is 1. The van der Waals surface area contributed by atoms with Crippen LogP contribution in [0.15, 0.2) is 54.6 Å². The van der Waals surface area contributed by atoms with Gasteiger partial charge in [0, 0.05) is 19.0 Å². The van der Waals surface area contributed by atoms with Crippen LogP contribution in [-0.4, -0.2) is 18.3 Å². The van der Waals surface area contributed by atoms with Crippen molar-refractivity contribution in [1.29, 1.82) is 0 Å². The van der Waals surface area contributed by atoms with Crippen molar-refractivity contribution in [3.05, 3.63) is 60.2 Å². The minimum absolute atomic E-state index is 0. The molecule has 0 aromatic heterocycles. The van der Waals surface area contributed by atoms with Crippen LogP contribution in [0.4, 0.5) is 0 Å². The summed E-state index contributed by atoms with van der Waals surface area (Å²) in [5.74, 6) is 5.76. The van der Waals surface area contributed by atoms with Crippen LogP contribution in [0.5, 0.6) is 0 Å². The highest BCUT2D eigenvalue weighted by molar-refractivity contribution is 5.86. The Kier molecular flexibility index (Phi) is 8.32. The van der Waals surface area contributed by atoms with Crippen molar-refractivity contribution < 1.29 is 5.11 Å². The fourth-order valence-corrected chi connectivity index (χ4v) is 2.29. The molecule has 0 unspecified atom stereocenters. The fourth-order valence-electron chi connectivity index (χ4n) is 2.29. The molecule has 116 valence electrons. The Bertz CT molecular complexity index is 664. The molecule has 0 bridgehead atoms. The number of hydrogen-bond acceptors (Lipinski definition) is 2. The average molecular weight is 316 g/mol. The Labute approximate surface area is 138 Å². The molecule has 0 aliphatic heterocycles. The quantitative estimate of drug-likeness (QED) is 0.821. The van der Waals surface area contributed by atoms with E-state index in [9.17, 15) is 0 Å².